The molecule has 1 N–H and O–H groups in total. The van der Waals surface area contributed by atoms with E-state index in [1.165, 1.54) is 17.1 Å². The molecule has 0 saturated heterocycles. The summed E-state index contributed by atoms with van der Waals surface area (Å²) in [6.07, 6.45) is 1.29. The van der Waals surface area contributed by atoms with Crippen molar-refractivity contribution in [3.8, 4) is 0 Å². The van der Waals surface area contributed by atoms with Crippen LogP contribution in [0.1, 0.15) is 32.1 Å². The van der Waals surface area contributed by atoms with Gasteiger partial charge in [0.05, 0.1) is 0 Å². The molecule has 0 aliphatic rings. The first-order valence-corrected chi connectivity index (χ1v) is 8.00. The Balaban J connectivity index is 2.04. The third kappa shape index (κ3) is 5.92. The van der Waals surface area contributed by atoms with Crippen LogP contribution in [0.2, 0.25) is 0 Å². The van der Waals surface area contributed by atoms with E-state index >= 15 is 0 Å². The second-order valence-corrected chi connectivity index (χ2v) is 6.87. The van der Waals surface area contributed by atoms with Crippen molar-refractivity contribution in [2.24, 2.45) is 5.92 Å². The van der Waals surface area contributed by atoms with Crippen LogP contribution < -0.4 is 5.32 Å². The summed E-state index contributed by atoms with van der Waals surface area (Å²) in [5.74, 6) is 2.14. The Morgan fingerprint density at radius 1 is 1.44 bits per heavy atom. The van der Waals surface area contributed by atoms with Crippen LogP contribution in [0.3, 0.4) is 0 Å². The molecule has 2 unspecified atom stereocenters. The minimum absolute atomic E-state index is 0.717. The lowest BCUT2D eigenvalue weighted by atomic mass is 10.2. The Kier molecular flexibility index (Phi) is 7.17. The highest BCUT2D eigenvalue weighted by Gasteiger charge is 2.05. The molecule has 1 heterocycles. The highest BCUT2D eigenvalue weighted by molar-refractivity contribution is 7.99. The standard InChI is InChI=1S/C13H23NS2/c1-4-11(2)10-16-12(3)8-14-9-13-6-5-7-15-13/h5-7,11-12,14H,4,8-10H2,1-3H3. The molecule has 0 amide bonds. The van der Waals surface area contributed by atoms with Gasteiger partial charge in [-0.15, -0.1) is 11.3 Å². The molecule has 1 aromatic heterocycles. The Hall–Kier alpha value is 0.01000. The molecule has 2 atom stereocenters. The summed E-state index contributed by atoms with van der Waals surface area (Å²) in [5.41, 5.74) is 0. The number of thiophene rings is 1. The molecule has 0 aromatic carbocycles. The minimum Gasteiger partial charge on any atom is -0.311 e. The van der Waals surface area contributed by atoms with Gasteiger partial charge in [0, 0.05) is 23.2 Å². The maximum atomic E-state index is 3.52. The summed E-state index contributed by atoms with van der Waals surface area (Å²) in [6.45, 7) is 9.04. The summed E-state index contributed by atoms with van der Waals surface area (Å²) >= 11 is 3.91. The van der Waals surface area contributed by atoms with Crippen molar-refractivity contribution in [2.75, 3.05) is 12.3 Å². The molecule has 0 radical (unpaired) electrons. The predicted octanol–water partition coefficient (Wildman–Crippen LogP) is 4.01. The lowest BCUT2D eigenvalue weighted by Gasteiger charge is -2.14. The minimum atomic E-state index is 0.717. The molecular weight excluding hydrogens is 234 g/mol. The van der Waals surface area contributed by atoms with Crippen LogP contribution in [0, 0.1) is 5.92 Å². The van der Waals surface area contributed by atoms with Crippen molar-refractivity contribution in [2.45, 2.75) is 39.0 Å². The van der Waals surface area contributed by atoms with Gasteiger partial charge in [0.15, 0.2) is 0 Å². The first-order chi connectivity index (χ1) is 7.72. The van der Waals surface area contributed by atoms with Crippen LogP contribution in [-0.4, -0.2) is 17.5 Å². The van der Waals surface area contributed by atoms with Crippen LogP contribution in [0.5, 0.6) is 0 Å². The molecule has 0 fully saturated rings. The summed E-state index contributed by atoms with van der Waals surface area (Å²) < 4.78 is 0. The summed E-state index contributed by atoms with van der Waals surface area (Å²) in [7, 11) is 0. The van der Waals surface area contributed by atoms with Gasteiger partial charge in [-0.25, -0.2) is 0 Å². The van der Waals surface area contributed by atoms with Crippen LogP contribution in [-0.2, 0) is 6.54 Å². The SMILES string of the molecule is CCC(C)CSC(C)CNCc1cccs1. The predicted molar refractivity (Wildman–Crippen MR) is 77.4 cm³/mol. The topological polar surface area (TPSA) is 12.0 Å². The second-order valence-electron chi connectivity index (χ2n) is 4.37. The number of thioether (sulfide) groups is 1. The van der Waals surface area contributed by atoms with E-state index in [4.69, 9.17) is 0 Å². The van der Waals surface area contributed by atoms with Gasteiger partial charge in [0.25, 0.3) is 0 Å². The van der Waals surface area contributed by atoms with E-state index in [-0.39, 0.29) is 0 Å². The Morgan fingerprint density at radius 2 is 2.25 bits per heavy atom. The van der Waals surface area contributed by atoms with Crippen molar-refractivity contribution >= 4 is 23.1 Å². The van der Waals surface area contributed by atoms with E-state index in [9.17, 15) is 0 Å². The van der Waals surface area contributed by atoms with Gasteiger partial charge in [-0.2, -0.15) is 11.8 Å². The maximum absolute atomic E-state index is 3.52. The quantitative estimate of drug-likeness (QED) is 0.755. The molecule has 0 aliphatic heterocycles. The van der Waals surface area contributed by atoms with Gasteiger partial charge in [-0.3, -0.25) is 0 Å². The normalized spacial score (nSPS) is 14.9. The third-order valence-corrected chi connectivity index (χ3v) is 5.05. The fraction of sp³-hybridized carbons (Fsp3) is 0.692. The molecule has 16 heavy (non-hydrogen) atoms. The number of hydrogen-bond donors (Lipinski definition) is 1. The second kappa shape index (κ2) is 8.15. The van der Waals surface area contributed by atoms with E-state index in [0.717, 1.165) is 19.0 Å². The lowest BCUT2D eigenvalue weighted by molar-refractivity contribution is 0.632. The van der Waals surface area contributed by atoms with Gasteiger partial charge in [-0.05, 0) is 23.1 Å². The Labute approximate surface area is 108 Å². The Morgan fingerprint density at radius 3 is 2.88 bits per heavy atom. The van der Waals surface area contributed by atoms with Gasteiger partial charge in [-0.1, -0.05) is 33.3 Å². The largest absolute Gasteiger partial charge is 0.311 e. The summed E-state index contributed by atoms with van der Waals surface area (Å²) in [4.78, 5) is 1.43. The van der Waals surface area contributed by atoms with E-state index in [1.54, 1.807) is 0 Å². The van der Waals surface area contributed by atoms with Crippen molar-refractivity contribution in [1.82, 2.24) is 5.32 Å². The zero-order chi connectivity index (χ0) is 11.8. The van der Waals surface area contributed by atoms with Gasteiger partial charge in [0.2, 0.25) is 0 Å². The number of rotatable bonds is 8. The van der Waals surface area contributed by atoms with Crippen molar-refractivity contribution in [3.63, 3.8) is 0 Å². The Bertz CT molecular complexity index is 259. The van der Waals surface area contributed by atoms with E-state index in [0.29, 0.717) is 5.25 Å². The van der Waals surface area contributed by atoms with Crippen LogP contribution in [0.15, 0.2) is 17.5 Å². The number of nitrogens with one attached hydrogen (secondary N) is 1. The first-order valence-electron chi connectivity index (χ1n) is 6.07. The van der Waals surface area contributed by atoms with Gasteiger partial charge in [0.1, 0.15) is 0 Å². The fourth-order valence-corrected chi connectivity index (χ4v) is 3.12. The molecule has 1 rings (SSSR count). The number of hydrogen-bond acceptors (Lipinski definition) is 3. The highest BCUT2D eigenvalue weighted by atomic mass is 32.2. The average molecular weight is 257 g/mol. The van der Waals surface area contributed by atoms with Gasteiger partial charge >= 0.3 is 0 Å². The maximum Gasteiger partial charge on any atom is 0.0300 e. The molecule has 1 aromatic rings. The molecule has 0 saturated carbocycles. The highest BCUT2D eigenvalue weighted by Crippen LogP contribution is 2.16. The van der Waals surface area contributed by atoms with E-state index < -0.39 is 0 Å². The van der Waals surface area contributed by atoms with E-state index in [2.05, 4.69) is 55.4 Å². The van der Waals surface area contributed by atoms with Gasteiger partial charge < -0.3 is 5.32 Å². The summed E-state index contributed by atoms with van der Waals surface area (Å²) in [6, 6.07) is 4.30. The molecule has 3 heteroatoms. The van der Waals surface area contributed by atoms with E-state index in [1.807, 2.05) is 11.3 Å². The first kappa shape index (κ1) is 14.1. The zero-order valence-corrected chi connectivity index (χ0v) is 12.2. The van der Waals surface area contributed by atoms with Crippen molar-refractivity contribution in [3.05, 3.63) is 22.4 Å². The smallest absolute Gasteiger partial charge is 0.0300 e. The van der Waals surface area contributed by atoms with Crippen LogP contribution >= 0.6 is 23.1 Å². The molecule has 92 valence electrons. The fourth-order valence-electron chi connectivity index (χ4n) is 1.32. The summed E-state index contributed by atoms with van der Waals surface area (Å²) in [5, 5.41) is 6.37. The van der Waals surface area contributed by atoms with Crippen molar-refractivity contribution in [1.29, 1.82) is 0 Å². The van der Waals surface area contributed by atoms with Crippen molar-refractivity contribution < 1.29 is 0 Å². The molecule has 0 bridgehead atoms. The average Bonchev–Trinajstić information content (AvgIpc) is 2.79. The molecular formula is C13H23NS2. The van der Waals surface area contributed by atoms with Crippen LogP contribution in [0.4, 0.5) is 0 Å². The monoisotopic (exact) mass is 257 g/mol. The zero-order valence-electron chi connectivity index (χ0n) is 10.5. The lowest BCUT2D eigenvalue weighted by Crippen LogP contribution is -2.22. The molecule has 1 nitrogen and oxygen atoms in total. The molecule has 0 aliphatic carbocycles. The third-order valence-electron chi connectivity index (χ3n) is 2.67. The van der Waals surface area contributed by atoms with Crippen LogP contribution in [0.25, 0.3) is 0 Å². The molecule has 0 spiro atoms.